The van der Waals surface area contributed by atoms with Gasteiger partial charge in [-0.05, 0) is 41.3 Å². The summed E-state index contributed by atoms with van der Waals surface area (Å²) >= 11 is 0. The largest absolute Gasteiger partial charge is 0.469 e. The number of carbonyl (C=O) groups is 3. The molecular weight excluding hydrogens is 444 g/mol. The molecule has 0 radical (unpaired) electrons. The van der Waals surface area contributed by atoms with E-state index in [2.05, 4.69) is 5.32 Å². The third-order valence-corrected chi connectivity index (χ3v) is 5.97. The first-order chi connectivity index (χ1) is 17.0. The minimum Gasteiger partial charge on any atom is -0.469 e. The van der Waals surface area contributed by atoms with Crippen molar-refractivity contribution in [3.63, 3.8) is 0 Å². The number of amides is 1. The second kappa shape index (κ2) is 11.3. The van der Waals surface area contributed by atoms with E-state index in [0.29, 0.717) is 30.8 Å². The van der Waals surface area contributed by atoms with Crippen LogP contribution in [0.3, 0.4) is 0 Å². The number of hydrogen-bond acceptors (Lipinski definition) is 6. The van der Waals surface area contributed by atoms with Crippen molar-refractivity contribution in [2.75, 3.05) is 19.0 Å². The molecule has 35 heavy (non-hydrogen) atoms. The number of fused-ring (bicyclic) bond motifs is 1. The van der Waals surface area contributed by atoms with Crippen molar-refractivity contribution in [2.24, 2.45) is 0 Å². The third kappa shape index (κ3) is 6.26. The quantitative estimate of drug-likeness (QED) is 0.500. The molecule has 7 heteroatoms. The van der Waals surface area contributed by atoms with E-state index in [1.807, 2.05) is 60.7 Å². The number of carbonyl (C=O) groups excluding carboxylic acids is 3. The van der Waals surface area contributed by atoms with Gasteiger partial charge in [-0.3, -0.25) is 9.59 Å². The van der Waals surface area contributed by atoms with Gasteiger partial charge in [0.2, 0.25) is 5.91 Å². The van der Waals surface area contributed by atoms with Crippen LogP contribution in [0.15, 0.2) is 78.9 Å². The summed E-state index contributed by atoms with van der Waals surface area (Å²) in [5, 5.41) is 3.18. The highest BCUT2D eigenvalue weighted by atomic mass is 16.5. The number of rotatable bonds is 8. The maximum absolute atomic E-state index is 13.3. The van der Waals surface area contributed by atoms with Gasteiger partial charge in [0, 0.05) is 18.8 Å². The van der Waals surface area contributed by atoms with E-state index in [4.69, 9.17) is 9.47 Å². The van der Waals surface area contributed by atoms with Gasteiger partial charge in [0.15, 0.2) is 0 Å². The lowest BCUT2D eigenvalue weighted by atomic mass is 10.1. The summed E-state index contributed by atoms with van der Waals surface area (Å²) in [6.07, 6.45) is 0.586. The van der Waals surface area contributed by atoms with Crippen molar-refractivity contribution in [3.8, 4) is 0 Å². The molecule has 1 aliphatic rings. The van der Waals surface area contributed by atoms with Crippen LogP contribution in [0.1, 0.15) is 33.5 Å². The molecule has 1 N–H and O–H groups in total. The van der Waals surface area contributed by atoms with Crippen LogP contribution in [0.25, 0.3) is 0 Å². The maximum Gasteiger partial charge on any atom is 0.338 e. The first-order valence-corrected chi connectivity index (χ1v) is 11.5. The number of anilines is 1. The Morgan fingerprint density at radius 2 is 1.66 bits per heavy atom. The molecule has 0 bridgehead atoms. The Kier molecular flexibility index (Phi) is 7.77. The molecule has 1 atom stereocenters. The summed E-state index contributed by atoms with van der Waals surface area (Å²) in [6.45, 7) is 0.966. The van der Waals surface area contributed by atoms with Gasteiger partial charge in [-0.25, -0.2) is 4.79 Å². The molecule has 0 unspecified atom stereocenters. The number of ether oxygens (including phenoxy) is 2. The summed E-state index contributed by atoms with van der Waals surface area (Å²) in [6, 6.07) is 23.8. The van der Waals surface area contributed by atoms with Crippen molar-refractivity contribution in [1.29, 1.82) is 0 Å². The fourth-order valence-corrected chi connectivity index (χ4v) is 4.04. The summed E-state index contributed by atoms with van der Waals surface area (Å²) in [7, 11) is 1.30. The smallest absolute Gasteiger partial charge is 0.338 e. The maximum atomic E-state index is 13.3. The van der Waals surface area contributed by atoms with Crippen molar-refractivity contribution in [1.82, 2.24) is 4.90 Å². The van der Waals surface area contributed by atoms with Gasteiger partial charge in [-0.2, -0.15) is 0 Å². The lowest BCUT2D eigenvalue weighted by molar-refractivity contribution is -0.144. The van der Waals surface area contributed by atoms with Crippen molar-refractivity contribution in [3.05, 3.63) is 101 Å². The second-order valence-electron chi connectivity index (χ2n) is 8.41. The van der Waals surface area contributed by atoms with Gasteiger partial charge < -0.3 is 19.7 Å². The molecule has 0 saturated heterocycles. The Bertz CT molecular complexity index is 1180. The van der Waals surface area contributed by atoms with E-state index in [-0.39, 0.29) is 18.9 Å². The Morgan fingerprint density at radius 3 is 2.34 bits per heavy atom. The molecule has 7 nitrogen and oxygen atoms in total. The zero-order chi connectivity index (χ0) is 24.6. The van der Waals surface area contributed by atoms with E-state index < -0.39 is 18.0 Å². The minimum atomic E-state index is -0.754. The molecule has 0 spiro atoms. The molecule has 3 aromatic rings. The van der Waals surface area contributed by atoms with Gasteiger partial charge in [-0.1, -0.05) is 60.7 Å². The minimum absolute atomic E-state index is 0.0858. The molecule has 4 rings (SSSR count). The van der Waals surface area contributed by atoms with Crippen LogP contribution in [0.4, 0.5) is 5.69 Å². The fourth-order valence-electron chi connectivity index (χ4n) is 4.04. The fraction of sp³-hybridized carbons (Fsp3) is 0.250. The lowest BCUT2D eigenvalue weighted by Gasteiger charge is -2.24. The molecule has 0 aromatic heterocycles. The first kappa shape index (κ1) is 24.0. The molecule has 1 amide bonds. The predicted molar refractivity (Wildman–Crippen MR) is 132 cm³/mol. The highest BCUT2D eigenvalue weighted by Crippen LogP contribution is 2.26. The summed E-state index contributed by atoms with van der Waals surface area (Å²) in [5.74, 6) is -1.09. The topological polar surface area (TPSA) is 84.9 Å². The number of nitrogens with one attached hydrogen (secondary N) is 1. The van der Waals surface area contributed by atoms with Crippen molar-refractivity contribution < 1.29 is 23.9 Å². The predicted octanol–water partition coefficient (Wildman–Crippen LogP) is 3.97. The summed E-state index contributed by atoms with van der Waals surface area (Å²) < 4.78 is 10.3. The molecule has 0 aliphatic carbocycles. The normalized spacial score (nSPS) is 14.9. The van der Waals surface area contributed by atoms with Crippen LogP contribution in [0.2, 0.25) is 0 Å². The zero-order valence-corrected chi connectivity index (χ0v) is 19.6. The van der Waals surface area contributed by atoms with Crippen molar-refractivity contribution in [2.45, 2.75) is 32.0 Å². The van der Waals surface area contributed by atoms with Crippen LogP contribution in [-0.2, 0) is 38.6 Å². The molecule has 180 valence electrons. The molecule has 0 saturated carbocycles. The van der Waals surface area contributed by atoms with Crippen LogP contribution < -0.4 is 5.32 Å². The van der Waals surface area contributed by atoms with Crippen LogP contribution in [0.5, 0.6) is 0 Å². The van der Waals surface area contributed by atoms with Gasteiger partial charge >= 0.3 is 11.9 Å². The zero-order valence-electron chi connectivity index (χ0n) is 19.6. The second-order valence-corrected chi connectivity index (χ2v) is 8.41. The summed E-state index contributed by atoms with van der Waals surface area (Å²) in [5.41, 5.74) is 3.91. The third-order valence-electron chi connectivity index (χ3n) is 5.97. The number of nitrogens with zero attached hydrogens (tertiary/aromatic N) is 1. The van der Waals surface area contributed by atoms with E-state index in [1.54, 1.807) is 23.1 Å². The number of hydrogen-bond donors (Lipinski definition) is 1. The van der Waals surface area contributed by atoms with Crippen LogP contribution in [-0.4, -0.2) is 42.4 Å². The molecule has 3 aromatic carbocycles. The van der Waals surface area contributed by atoms with Crippen LogP contribution in [0, 0.1) is 0 Å². The standard InChI is InChI=1S/C28H28N2O5/c1-34-26(31)17-25-27(32)30(15-14-20-8-4-2-5-9-20)18-23-16-22(12-13-24(23)29-25)28(33)35-19-21-10-6-3-7-11-21/h2-13,16,25,29H,14-15,17-19H2,1H3/t25-/m1/s1. The van der Waals surface area contributed by atoms with E-state index >= 15 is 0 Å². The number of esters is 2. The molecular formula is C28H28N2O5. The van der Waals surface area contributed by atoms with E-state index in [0.717, 1.165) is 16.7 Å². The Balaban J connectivity index is 1.54. The summed E-state index contributed by atoms with van der Waals surface area (Å²) in [4.78, 5) is 39.7. The van der Waals surface area contributed by atoms with Gasteiger partial charge in [0.1, 0.15) is 12.6 Å². The monoisotopic (exact) mass is 472 g/mol. The Morgan fingerprint density at radius 1 is 0.971 bits per heavy atom. The molecule has 0 fully saturated rings. The van der Waals surface area contributed by atoms with Gasteiger partial charge in [-0.15, -0.1) is 0 Å². The SMILES string of the molecule is COC(=O)C[C@H]1Nc2ccc(C(=O)OCc3ccccc3)cc2CN(CCc2ccccc2)C1=O. The molecule has 1 aliphatic heterocycles. The Hall–Kier alpha value is -4.13. The first-order valence-electron chi connectivity index (χ1n) is 11.5. The highest BCUT2D eigenvalue weighted by molar-refractivity contribution is 5.93. The average molecular weight is 473 g/mol. The van der Waals surface area contributed by atoms with Gasteiger partial charge in [0.05, 0.1) is 19.1 Å². The number of methoxy groups -OCH3 is 1. The Labute approximate surface area is 204 Å². The van der Waals surface area contributed by atoms with E-state index in [1.165, 1.54) is 7.11 Å². The highest BCUT2D eigenvalue weighted by Gasteiger charge is 2.31. The average Bonchev–Trinajstić information content (AvgIpc) is 3.02. The van der Waals surface area contributed by atoms with E-state index in [9.17, 15) is 14.4 Å². The van der Waals surface area contributed by atoms with Crippen molar-refractivity contribution >= 4 is 23.5 Å². The van der Waals surface area contributed by atoms with Crippen LogP contribution >= 0.6 is 0 Å². The lowest BCUT2D eigenvalue weighted by Crippen LogP contribution is -2.42. The van der Waals surface area contributed by atoms with Gasteiger partial charge in [0.25, 0.3) is 0 Å². The molecule has 1 heterocycles. The number of benzene rings is 3.